The van der Waals surface area contributed by atoms with Gasteiger partial charge in [-0.15, -0.1) is 0 Å². The molecule has 0 aliphatic carbocycles. The lowest BCUT2D eigenvalue weighted by molar-refractivity contribution is -0.143. The topological polar surface area (TPSA) is 65.2 Å². The summed E-state index contributed by atoms with van der Waals surface area (Å²) in [4.78, 5) is 15.3. The molecule has 2 N–H and O–H groups in total. The van der Waals surface area contributed by atoms with E-state index in [1.807, 2.05) is 18.2 Å². The molecule has 0 aliphatic heterocycles. The Labute approximate surface area is 95.8 Å². The Kier molecular flexibility index (Phi) is 5.50. The van der Waals surface area contributed by atoms with Crippen LogP contribution in [0, 0.1) is 0 Å². The number of nitrogens with two attached hydrogens (primary N) is 1. The summed E-state index contributed by atoms with van der Waals surface area (Å²) < 4.78 is 4.83. The molecule has 1 heterocycles. The minimum absolute atomic E-state index is 0.101. The van der Waals surface area contributed by atoms with Crippen LogP contribution in [0.4, 0.5) is 0 Å². The minimum Gasteiger partial charge on any atom is -0.466 e. The van der Waals surface area contributed by atoms with Crippen LogP contribution in [0.1, 0.15) is 37.9 Å². The van der Waals surface area contributed by atoms with E-state index in [1.54, 1.807) is 13.1 Å². The second kappa shape index (κ2) is 6.95. The summed E-state index contributed by atoms with van der Waals surface area (Å²) in [5.74, 6) is -0.157. The fraction of sp³-hybridized carbons (Fsp3) is 0.500. The van der Waals surface area contributed by atoms with E-state index >= 15 is 0 Å². The number of esters is 1. The van der Waals surface area contributed by atoms with Crippen molar-refractivity contribution < 1.29 is 9.53 Å². The largest absolute Gasteiger partial charge is 0.466 e. The molecule has 0 aliphatic rings. The van der Waals surface area contributed by atoms with Crippen LogP contribution in [-0.2, 0) is 9.53 Å². The van der Waals surface area contributed by atoms with Gasteiger partial charge in [-0.2, -0.15) is 0 Å². The van der Waals surface area contributed by atoms with Crippen molar-refractivity contribution in [3.05, 3.63) is 30.1 Å². The fourth-order valence-electron chi connectivity index (χ4n) is 1.44. The Bertz CT molecular complexity index is 314. The molecule has 1 aromatic rings. The van der Waals surface area contributed by atoms with E-state index in [2.05, 4.69) is 4.98 Å². The molecule has 0 spiro atoms. The van der Waals surface area contributed by atoms with Gasteiger partial charge in [0.1, 0.15) is 0 Å². The van der Waals surface area contributed by atoms with Gasteiger partial charge in [-0.25, -0.2) is 0 Å². The van der Waals surface area contributed by atoms with Crippen LogP contribution in [0.5, 0.6) is 0 Å². The summed E-state index contributed by atoms with van der Waals surface area (Å²) in [5, 5.41) is 0. The van der Waals surface area contributed by atoms with Crippen molar-refractivity contribution in [2.45, 2.75) is 32.2 Å². The summed E-state index contributed by atoms with van der Waals surface area (Å²) in [5.41, 5.74) is 6.81. The number of ether oxygens (including phenoxy) is 1. The first kappa shape index (κ1) is 12.6. The molecular formula is C12H18N2O2. The molecule has 1 unspecified atom stereocenters. The minimum atomic E-state index is -0.157. The molecule has 1 atom stereocenters. The molecule has 0 saturated carbocycles. The number of hydrogen-bond acceptors (Lipinski definition) is 4. The molecule has 1 aromatic heterocycles. The zero-order chi connectivity index (χ0) is 11.8. The van der Waals surface area contributed by atoms with Gasteiger partial charge in [0.2, 0.25) is 0 Å². The van der Waals surface area contributed by atoms with E-state index in [0.717, 1.165) is 18.5 Å². The van der Waals surface area contributed by atoms with Gasteiger partial charge in [0, 0.05) is 18.7 Å². The van der Waals surface area contributed by atoms with E-state index in [0.29, 0.717) is 13.0 Å². The van der Waals surface area contributed by atoms with E-state index in [9.17, 15) is 4.79 Å². The van der Waals surface area contributed by atoms with Crippen molar-refractivity contribution in [2.24, 2.45) is 5.73 Å². The summed E-state index contributed by atoms with van der Waals surface area (Å²) in [6.07, 6.45) is 3.63. The van der Waals surface area contributed by atoms with Gasteiger partial charge in [0.15, 0.2) is 0 Å². The molecule has 0 amide bonds. The van der Waals surface area contributed by atoms with Crippen LogP contribution in [0.25, 0.3) is 0 Å². The van der Waals surface area contributed by atoms with Crippen molar-refractivity contribution in [3.63, 3.8) is 0 Å². The van der Waals surface area contributed by atoms with Gasteiger partial charge in [-0.3, -0.25) is 9.78 Å². The zero-order valence-electron chi connectivity index (χ0n) is 9.56. The van der Waals surface area contributed by atoms with Crippen molar-refractivity contribution in [1.29, 1.82) is 0 Å². The molecular weight excluding hydrogens is 204 g/mol. The van der Waals surface area contributed by atoms with Gasteiger partial charge in [-0.05, 0) is 31.9 Å². The summed E-state index contributed by atoms with van der Waals surface area (Å²) in [6, 6.07) is 5.56. The van der Waals surface area contributed by atoms with Crippen molar-refractivity contribution in [3.8, 4) is 0 Å². The van der Waals surface area contributed by atoms with Crippen molar-refractivity contribution in [2.75, 3.05) is 6.61 Å². The van der Waals surface area contributed by atoms with Crippen molar-refractivity contribution in [1.82, 2.24) is 4.98 Å². The molecule has 0 aromatic carbocycles. The highest BCUT2D eigenvalue weighted by molar-refractivity contribution is 5.69. The number of rotatable bonds is 6. The normalized spacial score (nSPS) is 12.1. The average Bonchev–Trinajstić information content (AvgIpc) is 2.30. The van der Waals surface area contributed by atoms with Crippen LogP contribution in [-0.4, -0.2) is 17.6 Å². The predicted molar refractivity (Wildman–Crippen MR) is 61.6 cm³/mol. The van der Waals surface area contributed by atoms with Gasteiger partial charge >= 0.3 is 5.97 Å². The third kappa shape index (κ3) is 4.40. The molecule has 4 heteroatoms. The van der Waals surface area contributed by atoms with Crippen LogP contribution < -0.4 is 5.73 Å². The van der Waals surface area contributed by atoms with Crippen LogP contribution >= 0.6 is 0 Å². The Hall–Kier alpha value is -1.42. The first-order valence-electron chi connectivity index (χ1n) is 5.56. The van der Waals surface area contributed by atoms with E-state index in [-0.39, 0.29) is 12.0 Å². The predicted octanol–water partition coefficient (Wildman–Crippen LogP) is 1.81. The zero-order valence-corrected chi connectivity index (χ0v) is 9.56. The maximum Gasteiger partial charge on any atom is 0.305 e. The first-order chi connectivity index (χ1) is 7.74. The highest BCUT2D eigenvalue weighted by Crippen LogP contribution is 2.13. The van der Waals surface area contributed by atoms with E-state index < -0.39 is 0 Å². The molecule has 0 radical (unpaired) electrons. The first-order valence-corrected chi connectivity index (χ1v) is 5.56. The van der Waals surface area contributed by atoms with Crippen LogP contribution in [0.2, 0.25) is 0 Å². The highest BCUT2D eigenvalue weighted by Gasteiger charge is 2.08. The molecule has 4 nitrogen and oxygen atoms in total. The lowest BCUT2D eigenvalue weighted by atomic mass is 10.1. The fourth-order valence-corrected chi connectivity index (χ4v) is 1.44. The van der Waals surface area contributed by atoms with E-state index in [1.165, 1.54) is 0 Å². The standard InChI is InChI=1S/C12H18N2O2/c1-2-16-12(15)8-5-6-10(13)11-7-3-4-9-14-11/h3-4,7,9-10H,2,5-6,8,13H2,1H3. The number of nitrogens with zero attached hydrogens (tertiary/aromatic N) is 1. The maximum absolute atomic E-state index is 11.1. The molecule has 0 bridgehead atoms. The molecule has 0 saturated heterocycles. The Morgan fingerprint density at radius 2 is 2.38 bits per heavy atom. The lowest BCUT2D eigenvalue weighted by Gasteiger charge is -2.10. The van der Waals surface area contributed by atoms with Gasteiger partial charge < -0.3 is 10.5 Å². The Morgan fingerprint density at radius 3 is 3.00 bits per heavy atom. The number of carbonyl (C=O) groups excluding carboxylic acids is 1. The summed E-state index contributed by atoms with van der Waals surface area (Å²) >= 11 is 0. The number of carbonyl (C=O) groups is 1. The highest BCUT2D eigenvalue weighted by atomic mass is 16.5. The van der Waals surface area contributed by atoms with Crippen LogP contribution in [0.3, 0.4) is 0 Å². The molecule has 16 heavy (non-hydrogen) atoms. The molecule has 1 rings (SSSR count). The molecule has 0 fully saturated rings. The van der Waals surface area contributed by atoms with E-state index in [4.69, 9.17) is 10.5 Å². The summed E-state index contributed by atoms with van der Waals surface area (Å²) in [6.45, 7) is 2.24. The number of aromatic nitrogens is 1. The lowest BCUT2D eigenvalue weighted by Crippen LogP contribution is -2.13. The molecule has 88 valence electrons. The van der Waals surface area contributed by atoms with Crippen molar-refractivity contribution >= 4 is 5.97 Å². The third-order valence-corrected chi connectivity index (χ3v) is 2.27. The number of pyridine rings is 1. The third-order valence-electron chi connectivity index (χ3n) is 2.27. The quantitative estimate of drug-likeness (QED) is 0.745. The average molecular weight is 222 g/mol. The Balaban J connectivity index is 2.26. The monoisotopic (exact) mass is 222 g/mol. The van der Waals surface area contributed by atoms with Gasteiger partial charge in [-0.1, -0.05) is 6.07 Å². The number of hydrogen-bond donors (Lipinski definition) is 1. The van der Waals surface area contributed by atoms with Gasteiger partial charge in [0.25, 0.3) is 0 Å². The second-order valence-corrected chi connectivity index (χ2v) is 3.56. The summed E-state index contributed by atoms with van der Waals surface area (Å²) in [7, 11) is 0. The maximum atomic E-state index is 11.1. The van der Waals surface area contributed by atoms with Gasteiger partial charge in [0.05, 0.1) is 12.3 Å². The SMILES string of the molecule is CCOC(=O)CCCC(N)c1ccccn1. The smallest absolute Gasteiger partial charge is 0.305 e. The van der Waals surface area contributed by atoms with Crippen LogP contribution in [0.15, 0.2) is 24.4 Å². The Morgan fingerprint density at radius 1 is 1.56 bits per heavy atom. The second-order valence-electron chi connectivity index (χ2n) is 3.56.